The summed E-state index contributed by atoms with van der Waals surface area (Å²) in [6.45, 7) is 4.34. The predicted octanol–water partition coefficient (Wildman–Crippen LogP) is -0.733. The van der Waals surface area contributed by atoms with Crippen molar-refractivity contribution in [2.45, 2.75) is 38.4 Å². The first-order chi connectivity index (χ1) is 9.49. The average Bonchev–Trinajstić information content (AvgIpc) is 3.02. The second-order valence-corrected chi connectivity index (χ2v) is 5.89. The highest BCUT2D eigenvalue weighted by Crippen LogP contribution is 2.17. The number of hydrogen-bond acceptors (Lipinski definition) is 6. The largest absolute Gasteiger partial charge is 0.325 e. The molecule has 2 heterocycles. The number of nitrogens with one attached hydrogen (secondary N) is 2. The van der Waals surface area contributed by atoms with Crippen molar-refractivity contribution in [1.82, 2.24) is 29.7 Å². The number of aromatic nitrogens is 5. The van der Waals surface area contributed by atoms with E-state index in [1.165, 1.54) is 0 Å². The predicted molar refractivity (Wildman–Crippen MR) is 70.9 cm³/mol. The van der Waals surface area contributed by atoms with Crippen LogP contribution in [0.15, 0.2) is 11.2 Å². The van der Waals surface area contributed by atoms with E-state index in [2.05, 4.69) is 25.1 Å². The summed E-state index contributed by atoms with van der Waals surface area (Å²) in [6, 6.07) is 0. The summed E-state index contributed by atoms with van der Waals surface area (Å²) < 4.78 is 28.9. The van der Waals surface area contributed by atoms with Crippen molar-refractivity contribution < 1.29 is 8.42 Å². The first-order valence-electron chi connectivity index (χ1n) is 6.09. The number of hydrogen-bond donors (Lipinski definition) is 3. The topological polar surface area (TPSA) is 132 Å². The SMILES string of the molecule is CCn1cnnc1CNS(=O)(=O)c1c(CN)n[nH]c1C. The molecule has 0 aliphatic carbocycles. The monoisotopic (exact) mass is 299 g/mol. The smallest absolute Gasteiger partial charge is 0.244 e. The van der Waals surface area contributed by atoms with Crippen molar-refractivity contribution in [3.63, 3.8) is 0 Å². The van der Waals surface area contributed by atoms with E-state index < -0.39 is 10.0 Å². The van der Waals surface area contributed by atoms with Crippen LogP contribution in [0, 0.1) is 6.92 Å². The van der Waals surface area contributed by atoms with Gasteiger partial charge in [0.25, 0.3) is 0 Å². The van der Waals surface area contributed by atoms with Crippen LogP contribution in [0.2, 0.25) is 0 Å². The Morgan fingerprint density at radius 1 is 1.50 bits per heavy atom. The molecule has 0 aromatic carbocycles. The zero-order valence-corrected chi connectivity index (χ0v) is 12.1. The number of sulfonamides is 1. The van der Waals surface area contributed by atoms with Gasteiger partial charge in [0.15, 0.2) is 0 Å². The van der Waals surface area contributed by atoms with Gasteiger partial charge < -0.3 is 10.3 Å². The highest BCUT2D eigenvalue weighted by atomic mass is 32.2. The standard InChI is InChI=1S/C10H17N7O2S/c1-3-17-6-12-16-9(17)5-13-20(18,19)10-7(2)14-15-8(10)4-11/h6,13H,3-5,11H2,1-2H3,(H,14,15). The number of nitrogens with two attached hydrogens (primary N) is 1. The highest BCUT2D eigenvalue weighted by molar-refractivity contribution is 7.89. The fraction of sp³-hybridized carbons (Fsp3) is 0.500. The lowest BCUT2D eigenvalue weighted by atomic mass is 10.4. The van der Waals surface area contributed by atoms with Crippen LogP contribution in [0.5, 0.6) is 0 Å². The summed E-state index contributed by atoms with van der Waals surface area (Å²) in [6.07, 6.45) is 1.55. The van der Waals surface area contributed by atoms with Crippen LogP contribution in [-0.4, -0.2) is 33.4 Å². The van der Waals surface area contributed by atoms with Gasteiger partial charge in [0, 0.05) is 13.1 Å². The van der Waals surface area contributed by atoms with E-state index in [9.17, 15) is 8.42 Å². The van der Waals surface area contributed by atoms with Gasteiger partial charge in [-0.2, -0.15) is 5.10 Å². The minimum Gasteiger partial charge on any atom is -0.325 e. The van der Waals surface area contributed by atoms with Gasteiger partial charge in [0.05, 0.1) is 17.9 Å². The quantitative estimate of drug-likeness (QED) is 0.644. The van der Waals surface area contributed by atoms with Gasteiger partial charge >= 0.3 is 0 Å². The van der Waals surface area contributed by atoms with Crippen molar-refractivity contribution in [2.75, 3.05) is 0 Å². The lowest BCUT2D eigenvalue weighted by Crippen LogP contribution is -2.26. The number of nitrogens with zero attached hydrogens (tertiary/aromatic N) is 4. The summed E-state index contributed by atoms with van der Waals surface area (Å²) in [5.41, 5.74) is 6.26. The van der Waals surface area contributed by atoms with E-state index in [0.717, 1.165) is 0 Å². The van der Waals surface area contributed by atoms with Crippen molar-refractivity contribution in [3.8, 4) is 0 Å². The minimum atomic E-state index is -3.70. The molecule has 0 amide bonds. The Kier molecular flexibility index (Phi) is 4.16. The van der Waals surface area contributed by atoms with Gasteiger partial charge in [-0.3, -0.25) is 5.10 Å². The van der Waals surface area contributed by atoms with Crippen LogP contribution in [0.1, 0.15) is 24.1 Å². The number of rotatable bonds is 6. The summed E-state index contributed by atoms with van der Waals surface area (Å²) in [5, 5.41) is 14.1. The first kappa shape index (κ1) is 14.6. The summed E-state index contributed by atoms with van der Waals surface area (Å²) in [4.78, 5) is 0.0996. The molecule has 0 saturated carbocycles. The molecule has 2 rings (SSSR count). The molecule has 10 heteroatoms. The molecule has 0 saturated heterocycles. The highest BCUT2D eigenvalue weighted by Gasteiger charge is 2.23. The Morgan fingerprint density at radius 2 is 2.25 bits per heavy atom. The maximum absolute atomic E-state index is 12.3. The minimum absolute atomic E-state index is 0.0473. The van der Waals surface area contributed by atoms with Crippen LogP contribution in [-0.2, 0) is 29.7 Å². The van der Waals surface area contributed by atoms with Gasteiger partial charge in [0.1, 0.15) is 17.0 Å². The second kappa shape index (κ2) is 5.69. The lowest BCUT2D eigenvalue weighted by molar-refractivity contribution is 0.573. The third kappa shape index (κ3) is 2.71. The summed E-state index contributed by atoms with van der Waals surface area (Å²) >= 11 is 0. The van der Waals surface area contributed by atoms with E-state index in [4.69, 9.17) is 5.73 Å². The molecule has 9 nitrogen and oxygen atoms in total. The van der Waals surface area contributed by atoms with Gasteiger partial charge in [-0.05, 0) is 13.8 Å². The van der Waals surface area contributed by atoms with E-state index >= 15 is 0 Å². The molecular formula is C10H17N7O2S. The zero-order valence-electron chi connectivity index (χ0n) is 11.3. The Hall–Kier alpha value is -1.78. The fourth-order valence-corrected chi connectivity index (χ4v) is 3.23. The van der Waals surface area contributed by atoms with Gasteiger partial charge in [-0.15, -0.1) is 10.2 Å². The molecule has 2 aromatic heterocycles. The Balaban J connectivity index is 2.22. The van der Waals surface area contributed by atoms with E-state index in [0.29, 0.717) is 23.8 Å². The van der Waals surface area contributed by atoms with Gasteiger partial charge in [-0.25, -0.2) is 13.1 Å². The maximum Gasteiger partial charge on any atom is 0.244 e. The summed E-state index contributed by atoms with van der Waals surface area (Å²) in [5.74, 6) is 0.548. The molecule has 0 spiro atoms. The van der Waals surface area contributed by atoms with Crippen LogP contribution >= 0.6 is 0 Å². The van der Waals surface area contributed by atoms with E-state index in [1.807, 2.05) is 6.92 Å². The molecule has 0 radical (unpaired) electrons. The normalized spacial score (nSPS) is 11.9. The molecule has 4 N–H and O–H groups in total. The Bertz CT molecular complexity index is 688. The Morgan fingerprint density at radius 3 is 2.90 bits per heavy atom. The van der Waals surface area contributed by atoms with E-state index in [1.54, 1.807) is 17.8 Å². The third-order valence-electron chi connectivity index (χ3n) is 2.88. The summed E-state index contributed by atoms with van der Waals surface area (Å²) in [7, 11) is -3.70. The first-order valence-corrected chi connectivity index (χ1v) is 7.58. The molecule has 0 fully saturated rings. The van der Waals surface area contributed by atoms with Crippen LogP contribution in [0.4, 0.5) is 0 Å². The van der Waals surface area contributed by atoms with Crippen LogP contribution < -0.4 is 10.5 Å². The fourth-order valence-electron chi connectivity index (χ4n) is 1.88. The van der Waals surface area contributed by atoms with Crippen molar-refractivity contribution in [1.29, 1.82) is 0 Å². The van der Waals surface area contributed by atoms with Crippen molar-refractivity contribution in [2.24, 2.45) is 5.73 Å². The van der Waals surface area contributed by atoms with Crippen LogP contribution in [0.3, 0.4) is 0 Å². The molecule has 110 valence electrons. The van der Waals surface area contributed by atoms with Crippen molar-refractivity contribution in [3.05, 3.63) is 23.5 Å². The molecule has 0 aliphatic rings. The molecule has 2 aromatic rings. The lowest BCUT2D eigenvalue weighted by Gasteiger charge is -2.07. The molecule has 0 unspecified atom stereocenters. The number of aromatic amines is 1. The van der Waals surface area contributed by atoms with Gasteiger partial charge in [0.2, 0.25) is 10.0 Å². The van der Waals surface area contributed by atoms with Gasteiger partial charge in [-0.1, -0.05) is 0 Å². The van der Waals surface area contributed by atoms with E-state index in [-0.39, 0.29) is 18.0 Å². The molecule has 20 heavy (non-hydrogen) atoms. The number of aryl methyl sites for hydroxylation is 2. The van der Waals surface area contributed by atoms with Crippen LogP contribution in [0.25, 0.3) is 0 Å². The maximum atomic E-state index is 12.3. The average molecular weight is 299 g/mol. The molecule has 0 atom stereocenters. The number of H-pyrrole nitrogens is 1. The molecule has 0 bridgehead atoms. The zero-order chi connectivity index (χ0) is 14.8. The molecular weight excluding hydrogens is 282 g/mol. The Labute approximate surface area is 116 Å². The molecule has 0 aliphatic heterocycles. The second-order valence-electron chi connectivity index (χ2n) is 4.19. The van der Waals surface area contributed by atoms with Crippen molar-refractivity contribution >= 4 is 10.0 Å². The third-order valence-corrected chi connectivity index (χ3v) is 4.48.